The SMILES string of the molecule is CS(=O)(=O)NC(=O)c1cc(Cl)c(-n2cc(C(=O)O)c3cc(Cl)ccc32)cc1F. The van der Waals surface area contributed by atoms with Gasteiger partial charge < -0.3 is 9.67 Å². The van der Waals surface area contributed by atoms with Crippen LogP contribution >= 0.6 is 23.2 Å². The molecule has 7 nitrogen and oxygen atoms in total. The van der Waals surface area contributed by atoms with Crippen molar-refractivity contribution in [2.45, 2.75) is 0 Å². The Kier molecular flexibility index (Phi) is 5.09. The largest absolute Gasteiger partial charge is 0.478 e. The Labute approximate surface area is 168 Å². The fraction of sp³-hybridized carbons (Fsp3) is 0.0588. The van der Waals surface area contributed by atoms with Gasteiger partial charge in [0.1, 0.15) is 5.82 Å². The number of carboxylic acids is 1. The number of aromatic carboxylic acids is 1. The van der Waals surface area contributed by atoms with E-state index in [1.165, 1.54) is 22.9 Å². The van der Waals surface area contributed by atoms with Gasteiger partial charge in [0, 0.05) is 22.7 Å². The number of carboxylic acid groups (broad SMARTS) is 1. The molecule has 0 aliphatic heterocycles. The van der Waals surface area contributed by atoms with E-state index in [0.717, 1.165) is 18.4 Å². The summed E-state index contributed by atoms with van der Waals surface area (Å²) in [5, 5.41) is 9.95. The first-order valence-electron chi connectivity index (χ1n) is 7.53. The van der Waals surface area contributed by atoms with Crippen molar-refractivity contribution in [1.82, 2.24) is 9.29 Å². The van der Waals surface area contributed by atoms with Gasteiger partial charge in [-0.1, -0.05) is 23.2 Å². The van der Waals surface area contributed by atoms with Crippen molar-refractivity contribution >= 4 is 56.0 Å². The highest BCUT2D eigenvalue weighted by Crippen LogP contribution is 2.32. The molecule has 1 aromatic heterocycles. The van der Waals surface area contributed by atoms with Crippen LogP contribution in [0.5, 0.6) is 0 Å². The molecule has 0 atom stereocenters. The second-order valence-electron chi connectivity index (χ2n) is 5.87. The summed E-state index contributed by atoms with van der Waals surface area (Å²) in [6, 6.07) is 6.41. The third kappa shape index (κ3) is 3.82. The smallest absolute Gasteiger partial charge is 0.337 e. The van der Waals surface area contributed by atoms with E-state index in [1.807, 2.05) is 0 Å². The first kappa shape index (κ1) is 20.1. The minimum Gasteiger partial charge on any atom is -0.478 e. The Morgan fingerprint density at radius 3 is 2.43 bits per heavy atom. The number of rotatable bonds is 4. The molecule has 1 heterocycles. The van der Waals surface area contributed by atoms with Crippen LogP contribution in [0.2, 0.25) is 10.0 Å². The fourth-order valence-corrected chi connectivity index (χ4v) is 3.56. The van der Waals surface area contributed by atoms with E-state index in [4.69, 9.17) is 23.2 Å². The molecule has 28 heavy (non-hydrogen) atoms. The van der Waals surface area contributed by atoms with Crippen molar-refractivity contribution in [3.8, 4) is 5.69 Å². The Morgan fingerprint density at radius 2 is 1.82 bits per heavy atom. The number of carbonyl (C=O) groups excluding carboxylic acids is 1. The summed E-state index contributed by atoms with van der Waals surface area (Å²) in [5.41, 5.74) is -0.184. The molecule has 0 aliphatic rings. The number of nitrogens with one attached hydrogen (secondary N) is 1. The quantitative estimate of drug-likeness (QED) is 0.640. The number of sulfonamides is 1. The number of carbonyl (C=O) groups is 2. The molecule has 146 valence electrons. The van der Waals surface area contributed by atoms with Gasteiger partial charge in [0.2, 0.25) is 10.0 Å². The van der Waals surface area contributed by atoms with Crippen LogP contribution in [0.15, 0.2) is 36.5 Å². The molecule has 0 spiro atoms. The molecule has 3 aromatic rings. The van der Waals surface area contributed by atoms with Crippen LogP contribution in [0.3, 0.4) is 0 Å². The average molecular weight is 445 g/mol. The van der Waals surface area contributed by atoms with Crippen molar-refractivity contribution in [3.63, 3.8) is 0 Å². The lowest BCUT2D eigenvalue weighted by molar-refractivity contribution is 0.0698. The number of halogens is 3. The van der Waals surface area contributed by atoms with Crippen molar-refractivity contribution in [2.24, 2.45) is 0 Å². The number of hydrogen-bond acceptors (Lipinski definition) is 4. The molecule has 2 N–H and O–H groups in total. The molecule has 11 heteroatoms. The van der Waals surface area contributed by atoms with E-state index < -0.39 is 33.3 Å². The van der Waals surface area contributed by atoms with Crippen LogP contribution in [-0.4, -0.2) is 36.2 Å². The number of amides is 1. The summed E-state index contributed by atoms with van der Waals surface area (Å²) in [6.07, 6.45) is 2.00. The van der Waals surface area contributed by atoms with E-state index >= 15 is 0 Å². The van der Waals surface area contributed by atoms with Gasteiger partial charge >= 0.3 is 5.97 Å². The maximum Gasteiger partial charge on any atom is 0.337 e. The second-order valence-corrected chi connectivity index (χ2v) is 8.46. The van der Waals surface area contributed by atoms with E-state index in [1.54, 1.807) is 10.8 Å². The van der Waals surface area contributed by atoms with Gasteiger partial charge in [0.05, 0.1) is 33.6 Å². The van der Waals surface area contributed by atoms with E-state index in [0.29, 0.717) is 15.9 Å². The predicted molar refractivity (Wildman–Crippen MR) is 103 cm³/mol. The zero-order valence-electron chi connectivity index (χ0n) is 14.0. The van der Waals surface area contributed by atoms with Crippen LogP contribution < -0.4 is 4.72 Å². The Morgan fingerprint density at radius 1 is 1.14 bits per heavy atom. The lowest BCUT2D eigenvalue weighted by Crippen LogP contribution is -2.30. The van der Waals surface area contributed by atoms with Crippen molar-refractivity contribution in [3.05, 3.63) is 63.5 Å². The summed E-state index contributed by atoms with van der Waals surface area (Å²) in [6.45, 7) is 0. The normalized spacial score (nSPS) is 11.6. The van der Waals surface area contributed by atoms with Gasteiger partial charge in [-0.25, -0.2) is 22.3 Å². The molecule has 3 rings (SSSR count). The molecule has 0 saturated carbocycles. The Balaban J connectivity index is 2.19. The number of benzene rings is 2. The third-order valence-electron chi connectivity index (χ3n) is 3.82. The van der Waals surface area contributed by atoms with Crippen LogP contribution in [-0.2, 0) is 10.0 Å². The molecule has 1 amide bonds. The first-order valence-corrected chi connectivity index (χ1v) is 10.2. The highest BCUT2D eigenvalue weighted by atomic mass is 35.5. The summed E-state index contributed by atoms with van der Waals surface area (Å²) in [7, 11) is -3.89. The lowest BCUT2D eigenvalue weighted by atomic mass is 10.1. The average Bonchev–Trinajstić information content (AvgIpc) is 2.93. The zero-order valence-corrected chi connectivity index (χ0v) is 16.4. The van der Waals surface area contributed by atoms with Gasteiger partial charge in [-0.2, -0.15) is 0 Å². The number of fused-ring (bicyclic) bond motifs is 1. The Bertz CT molecular complexity index is 1250. The monoisotopic (exact) mass is 444 g/mol. The number of hydrogen-bond donors (Lipinski definition) is 2. The summed E-state index contributed by atoms with van der Waals surface area (Å²) < 4.78 is 39.9. The maximum atomic E-state index is 14.5. The summed E-state index contributed by atoms with van der Waals surface area (Å²) in [4.78, 5) is 23.5. The second kappa shape index (κ2) is 7.08. The summed E-state index contributed by atoms with van der Waals surface area (Å²) >= 11 is 12.1. The Hall–Kier alpha value is -2.62. The van der Waals surface area contributed by atoms with Crippen molar-refractivity contribution in [2.75, 3.05) is 6.26 Å². The van der Waals surface area contributed by atoms with Crippen LogP contribution in [0, 0.1) is 5.82 Å². The molecular formula is C17H11Cl2FN2O5S. The third-order valence-corrected chi connectivity index (χ3v) is 4.91. The number of aromatic nitrogens is 1. The standard InChI is InChI=1S/C17H11Cl2FN2O5S/c1-28(26,27)21-16(23)10-5-12(19)15(6-13(10)20)22-7-11(17(24)25)9-4-8(18)2-3-14(9)22/h2-7H,1H3,(H,21,23)(H,24,25). The molecule has 0 bridgehead atoms. The lowest BCUT2D eigenvalue weighted by Gasteiger charge is -2.11. The predicted octanol–water partition coefficient (Wildman–Crippen LogP) is 3.46. The highest BCUT2D eigenvalue weighted by Gasteiger charge is 2.21. The van der Waals surface area contributed by atoms with Gasteiger partial charge in [-0.3, -0.25) is 4.79 Å². The van der Waals surface area contributed by atoms with Gasteiger partial charge in [-0.05, 0) is 24.3 Å². The molecule has 0 unspecified atom stereocenters. The van der Waals surface area contributed by atoms with Gasteiger partial charge in [0.15, 0.2) is 0 Å². The van der Waals surface area contributed by atoms with Crippen LogP contribution in [0.25, 0.3) is 16.6 Å². The molecule has 0 saturated heterocycles. The fourth-order valence-electron chi connectivity index (χ4n) is 2.69. The van der Waals surface area contributed by atoms with Gasteiger partial charge in [0.25, 0.3) is 5.91 Å². The highest BCUT2D eigenvalue weighted by molar-refractivity contribution is 7.89. The maximum absolute atomic E-state index is 14.5. The van der Waals surface area contributed by atoms with Crippen LogP contribution in [0.1, 0.15) is 20.7 Å². The van der Waals surface area contributed by atoms with Crippen LogP contribution in [0.4, 0.5) is 4.39 Å². The minimum atomic E-state index is -3.89. The van der Waals surface area contributed by atoms with E-state index in [9.17, 15) is 27.5 Å². The minimum absolute atomic E-state index is 0.0647. The zero-order chi connectivity index (χ0) is 20.8. The van der Waals surface area contributed by atoms with Gasteiger partial charge in [-0.15, -0.1) is 0 Å². The van der Waals surface area contributed by atoms with E-state index in [-0.39, 0.29) is 16.3 Å². The number of nitrogens with zero attached hydrogens (tertiary/aromatic N) is 1. The van der Waals surface area contributed by atoms with Crippen molar-refractivity contribution in [1.29, 1.82) is 0 Å². The molecule has 0 fully saturated rings. The molecular weight excluding hydrogens is 434 g/mol. The van der Waals surface area contributed by atoms with Crippen molar-refractivity contribution < 1.29 is 27.5 Å². The molecule has 0 radical (unpaired) electrons. The first-order chi connectivity index (χ1) is 13.0. The molecule has 2 aromatic carbocycles. The summed E-state index contributed by atoms with van der Waals surface area (Å²) in [5.74, 6) is -3.43. The molecule has 0 aliphatic carbocycles. The van der Waals surface area contributed by atoms with E-state index in [2.05, 4.69) is 0 Å². The topological polar surface area (TPSA) is 105 Å².